The molecule has 0 aliphatic heterocycles. The molecule has 0 aromatic heterocycles. The van der Waals surface area contributed by atoms with Crippen LogP contribution in [0.25, 0.3) is 0 Å². The van der Waals surface area contributed by atoms with Gasteiger partial charge >= 0.3 is 6.18 Å². The molecule has 34 heavy (non-hydrogen) atoms. The molecular weight excluding hydrogens is 453 g/mol. The Labute approximate surface area is 201 Å². The predicted molar refractivity (Wildman–Crippen MR) is 134 cm³/mol. The fourth-order valence-corrected chi connectivity index (χ4v) is 9.10. The first kappa shape index (κ1) is 26.0. The van der Waals surface area contributed by atoms with Crippen molar-refractivity contribution < 1.29 is 22.3 Å². The summed E-state index contributed by atoms with van der Waals surface area (Å²) in [6.45, 7) is 10.3. The zero-order chi connectivity index (χ0) is 25.0. The number of hydrogen-bond acceptors (Lipinski definition) is 2. The SMILES string of the molecule is CCc1cccc(C(F)(F)F)c1O[C@H](C)CO[Si](c1ccccc1)(c1ccccc1)C(C)(C)C. The molecule has 0 aliphatic carbocycles. The summed E-state index contributed by atoms with van der Waals surface area (Å²) in [6, 6.07) is 24.5. The molecule has 0 fully saturated rings. The highest BCUT2D eigenvalue weighted by atomic mass is 28.4. The number of para-hydroxylation sites is 1. The average Bonchev–Trinajstić information content (AvgIpc) is 2.79. The Morgan fingerprint density at radius 3 is 1.76 bits per heavy atom. The summed E-state index contributed by atoms with van der Waals surface area (Å²) in [4.78, 5) is 0. The summed E-state index contributed by atoms with van der Waals surface area (Å²) in [6.07, 6.45) is -4.61. The Balaban J connectivity index is 1.98. The molecule has 6 heteroatoms. The monoisotopic (exact) mass is 486 g/mol. The number of ether oxygens (including phenoxy) is 1. The summed E-state index contributed by atoms with van der Waals surface area (Å²) < 4.78 is 53.8. The second-order valence-electron chi connectivity index (χ2n) is 9.55. The fourth-order valence-electron chi connectivity index (χ4n) is 4.46. The normalized spacial score (nSPS) is 13.5. The lowest BCUT2D eigenvalue weighted by atomic mass is 10.1. The Kier molecular flexibility index (Phi) is 7.94. The molecule has 0 unspecified atom stereocenters. The first-order chi connectivity index (χ1) is 16.0. The van der Waals surface area contributed by atoms with E-state index < -0.39 is 26.2 Å². The Morgan fingerprint density at radius 2 is 1.32 bits per heavy atom. The quantitative estimate of drug-likeness (QED) is 0.334. The summed E-state index contributed by atoms with van der Waals surface area (Å²) in [5, 5.41) is 2.00. The average molecular weight is 487 g/mol. The first-order valence-electron chi connectivity index (χ1n) is 11.6. The molecule has 0 bridgehead atoms. The molecule has 182 valence electrons. The van der Waals surface area contributed by atoms with Crippen LogP contribution in [0, 0.1) is 0 Å². The van der Waals surface area contributed by atoms with E-state index in [0.29, 0.717) is 12.0 Å². The van der Waals surface area contributed by atoms with E-state index in [-0.39, 0.29) is 17.4 Å². The van der Waals surface area contributed by atoms with Crippen molar-refractivity contribution in [2.24, 2.45) is 0 Å². The maximum Gasteiger partial charge on any atom is 0.419 e. The lowest BCUT2D eigenvalue weighted by molar-refractivity contribution is -0.139. The van der Waals surface area contributed by atoms with E-state index in [2.05, 4.69) is 45.0 Å². The summed E-state index contributed by atoms with van der Waals surface area (Å²) in [7, 11) is -2.80. The van der Waals surface area contributed by atoms with E-state index in [4.69, 9.17) is 9.16 Å². The molecule has 0 aliphatic rings. The molecule has 1 atom stereocenters. The molecule has 0 N–H and O–H groups in total. The maximum absolute atomic E-state index is 13.7. The standard InChI is InChI=1S/C28H33F3O2Si/c1-6-22-14-13-19-25(28(29,30)31)26(22)33-21(2)20-32-34(27(3,4)5,23-15-9-7-10-16-23)24-17-11-8-12-18-24/h7-19,21H,6,20H2,1-5H3/t21-/m1/s1. The van der Waals surface area contributed by atoms with Crippen LogP contribution in [0.2, 0.25) is 5.04 Å². The zero-order valence-corrected chi connectivity index (χ0v) is 21.4. The topological polar surface area (TPSA) is 18.5 Å². The van der Waals surface area contributed by atoms with Crippen molar-refractivity contribution in [3.63, 3.8) is 0 Å². The third kappa shape index (κ3) is 5.39. The van der Waals surface area contributed by atoms with Crippen molar-refractivity contribution in [1.82, 2.24) is 0 Å². The van der Waals surface area contributed by atoms with Gasteiger partial charge in [-0.15, -0.1) is 0 Å². The Hall–Kier alpha value is -2.57. The van der Waals surface area contributed by atoms with Gasteiger partial charge < -0.3 is 9.16 Å². The van der Waals surface area contributed by atoms with Gasteiger partial charge in [-0.3, -0.25) is 0 Å². The van der Waals surface area contributed by atoms with E-state index in [9.17, 15) is 13.2 Å². The number of aryl methyl sites for hydroxylation is 1. The molecule has 0 spiro atoms. The van der Waals surface area contributed by atoms with Crippen molar-refractivity contribution in [3.05, 3.63) is 90.0 Å². The van der Waals surface area contributed by atoms with Crippen LogP contribution >= 0.6 is 0 Å². The van der Waals surface area contributed by atoms with Crippen molar-refractivity contribution >= 4 is 18.7 Å². The van der Waals surface area contributed by atoms with E-state index in [0.717, 1.165) is 16.4 Å². The van der Waals surface area contributed by atoms with Gasteiger partial charge in [-0.05, 0) is 40.4 Å². The Bertz CT molecular complexity index is 1020. The van der Waals surface area contributed by atoms with Crippen LogP contribution in [0.5, 0.6) is 5.75 Å². The molecule has 0 amide bonds. The van der Waals surface area contributed by atoms with Crippen LogP contribution < -0.4 is 15.1 Å². The molecule has 3 aromatic carbocycles. The predicted octanol–water partition coefficient (Wildman–Crippen LogP) is 6.61. The van der Waals surface area contributed by atoms with E-state index in [1.165, 1.54) is 6.07 Å². The lowest BCUT2D eigenvalue weighted by Crippen LogP contribution is -2.67. The van der Waals surface area contributed by atoms with Gasteiger partial charge in [0.05, 0.1) is 12.2 Å². The van der Waals surface area contributed by atoms with Crippen LogP contribution in [0.15, 0.2) is 78.9 Å². The van der Waals surface area contributed by atoms with Crippen molar-refractivity contribution in [3.8, 4) is 5.75 Å². The van der Waals surface area contributed by atoms with E-state index >= 15 is 0 Å². The molecule has 0 radical (unpaired) electrons. The zero-order valence-electron chi connectivity index (χ0n) is 20.4. The largest absolute Gasteiger partial charge is 0.487 e. The maximum atomic E-state index is 13.7. The van der Waals surface area contributed by atoms with Crippen molar-refractivity contribution in [1.29, 1.82) is 0 Å². The molecule has 3 aromatic rings. The van der Waals surface area contributed by atoms with Crippen molar-refractivity contribution in [2.75, 3.05) is 6.61 Å². The molecule has 0 heterocycles. The smallest absolute Gasteiger partial charge is 0.419 e. The van der Waals surface area contributed by atoms with Crippen LogP contribution in [0.4, 0.5) is 13.2 Å². The van der Waals surface area contributed by atoms with Gasteiger partial charge in [-0.1, -0.05) is 100 Å². The number of rotatable bonds is 8. The summed E-state index contributed by atoms with van der Waals surface area (Å²) in [5.41, 5.74) is -0.212. The second-order valence-corrected chi connectivity index (χ2v) is 13.9. The highest BCUT2D eigenvalue weighted by Gasteiger charge is 2.50. The molecular formula is C28H33F3O2Si. The number of hydrogen-bond donors (Lipinski definition) is 0. The van der Waals surface area contributed by atoms with Gasteiger partial charge in [0.2, 0.25) is 0 Å². The van der Waals surface area contributed by atoms with Gasteiger partial charge in [0.1, 0.15) is 11.9 Å². The van der Waals surface area contributed by atoms with Crippen LogP contribution in [0.3, 0.4) is 0 Å². The van der Waals surface area contributed by atoms with Gasteiger partial charge in [0.25, 0.3) is 8.32 Å². The highest BCUT2D eigenvalue weighted by Crippen LogP contribution is 2.40. The highest BCUT2D eigenvalue weighted by molar-refractivity contribution is 6.99. The second kappa shape index (κ2) is 10.4. The number of alkyl halides is 3. The van der Waals surface area contributed by atoms with E-state index in [1.54, 1.807) is 13.0 Å². The summed E-state index contributed by atoms with van der Waals surface area (Å²) in [5.74, 6) is -0.101. The number of benzene rings is 3. The lowest BCUT2D eigenvalue weighted by Gasteiger charge is -2.43. The third-order valence-corrected chi connectivity index (χ3v) is 11.1. The number of halogens is 3. The van der Waals surface area contributed by atoms with Crippen LogP contribution in [0.1, 0.15) is 45.7 Å². The van der Waals surface area contributed by atoms with Gasteiger partial charge in [-0.2, -0.15) is 13.2 Å². The molecule has 0 saturated carbocycles. The van der Waals surface area contributed by atoms with Gasteiger partial charge in [0, 0.05) is 0 Å². The van der Waals surface area contributed by atoms with Gasteiger partial charge in [-0.25, -0.2) is 0 Å². The molecule has 3 rings (SSSR count). The van der Waals surface area contributed by atoms with Crippen LogP contribution in [-0.4, -0.2) is 21.0 Å². The minimum Gasteiger partial charge on any atom is -0.487 e. The first-order valence-corrected chi connectivity index (χ1v) is 13.5. The molecule has 2 nitrogen and oxygen atoms in total. The molecule has 0 saturated heterocycles. The minimum atomic E-state index is -4.49. The fraction of sp³-hybridized carbons (Fsp3) is 0.357. The Morgan fingerprint density at radius 1 is 0.794 bits per heavy atom. The third-order valence-electron chi connectivity index (χ3n) is 6.05. The van der Waals surface area contributed by atoms with Crippen LogP contribution in [-0.2, 0) is 17.0 Å². The minimum absolute atomic E-state index is 0.101. The van der Waals surface area contributed by atoms with Crippen molar-refractivity contribution in [2.45, 2.75) is 58.4 Å². The van der Waals surface area contributed by atoms with E-state index in [1.807, 2.05) is 43.3 Å². The van der Waals surface area contributed by atoms with Gasteiger partial charge in [0.15, 0.2) is 0 Å². The summed E-state index contributed by atoms with van der Waals surface area (Å²) >= 11 is 0.